The summed E-state index contributed by atoms with van der Waals surface area (Å²) in [6, 6.07) is 0. The van der Waals surface area contributed by atoms with E-state index >= 15 is 0 Å². The summed E-state index contributed by atoms with van der Waals surface area (Å²) >= 11 is 1.35. The van der Waals surface area contributed by atoms with Crippen LogP contribution in [0.25, 0.3) is 0 Å². The molecule has 0 nitrogen and oxygen atoms in total. The molecule has 0 aromatic rings. The maximum absolute atomic E-state index is 11.5. The van der Waals surface area contributed by atoms with Crippen molar-refractivity contribution < 1.29 is 8.78 Å². The van der Waals surface area contributed by atoms with Gasteiger partial charge in [-0.25, -0.2) is 8.78 Å². The van der Waals surface area contributed by atoms with E-state index in [1.54, 1.807) is 0 Å². The molecular weight excluding hydrogens is 154 g/mol. The molecule has 0 radical (unpaired) electrons. The van der Waals surface area contributed by atoms with Gasteiger partial charge in [0.05, 0.1) is 5.75 Å². The van der Waals surface area contributed by atoms with E-state index in [9.17, 15) is 8.78 Å². The lowest BCUT2D eigenvalue weighted by Crippen LogP contribution is -1.94. The summed E-state index contributed by atoms with van der Waals surface area (Å²) in [6.07, 6.45) is 1.27. The van der Waals surface area contributed by atoms with Crippen molar-refractivity contribution in [3.63, 3.8) is 0 Å². The topological polar surface area (TPSA) is 0 Å². The maximum Gasteiger partial charge on any atom is 0.247 e. The number of unbranched alkanes of at least 4 members (excludes halogenated alkanes) is 2. The second kappa shape index (κ2) is 7.32. The first-order valence-corrected chi connectivity index (χ1v) is 4.78. The Morgan fingerprint density at radius 3 is 2.50 bits per heavy atom. The van der Waals surface area contributed by atoms with Crippen molar-refractivity contribution in [1.29, 1.82) is 0 Å². The van der Waals surface area contributed by atoms with Crippen molar-refractivity contribution >= 4 is 11.8 Å². The summed E-state index contributed by atoms with van der Waals surface area (Å²) < 4.78 is 23.0. The summed E-state index contributed by atoms with van der Waals surface area (Å²) in [7, 11) is 0. The van der Waals surface area contributed by atoms with Gasteiger partial charge in [0, 0.05) is 0 Å². The van der Waals surface area contributed by atoms with Gasteiger partial charge in [-0.15, -0.1) is 0 Å². The Kier molecular flexibility index (Phi) is 7.47. The van der Waals surface area contributed by atoms with E-state index in [4.69, 9.17) is 0 Å². The molecule has 0 saturated heterocycles. The Morgan fingerprint density at radius 2 is 2.00 bits per heavy atom. The third kappa shape index (κ3) is 8.21. The summed E-state index contributed by atoms with van der Waals surface area (Å²) in [4.78, 5) is 0. The van der Waals surface area contributed by atoms with Gasteiger partial charge in [-0.2, -0.15) is 11.8 Å². The Morgan fingerprint density at radius 1 is 1.30 bits per heavy atom. The molecule has 10 heavy (non-hydrogen) atoms. The van der Waals surface area contributed by atoms with Crippen LogP contribution in [0.3, 0.4) is 0 Å². The molecule has 0 fully saturated rings. The molecule has 0 heterocycles. The first kappa shape index (κ1) is 10.2. The SMILES string of the molecule is CCCCCSCC(F)F. The van der Waals surface area contributed by atoms with Crippen LogP contribution in [0.2, 0.25) is 0 Å². The van der Waals surface area contributed by atoms with E-state index in [0.29, 0.717) is 0 Å². The Bertz CT molecular complexity index is 66.6. The van der Waals surface area contributed by atoms with Gasteiger partial charge in [-0.3, -0.25) is 0 Å². The Labute approximate surface area is 65.4 Å². The molecule has 0 aliphatic carbocycles. The Balaban J connectivity index is 2.77. The molecule has 0 aromatic carbocycles. The molecule has 0 N–H and O–H groups in total. The molecule has 0 atom stereocenters. The van der Waals surface area contributed by atoms with E-state index in [2.05, 4.69) is 6.92 Å². The number of thioether (sulfide) groups is 1. The zero-order valence-electron chi connectivity index (χ0n) is 6.28. The second-order valence-corrected chi connectivity index (χ2v) is 3.32. The average molecular weight is 168 g/mol. The molecule has 0 saturated carbocycles. The van der Waals surface area contributed by atoms with Crippen molar-refractivity contribution in [3.8, 4) is 0 Å². The monoisotopic (exact) mass is 168 g/mol. The molecule has 62 valence electrons. The van der Waals surface area contributed by atoms with Crippen LogP contribution in [0.5, 0.6) is 0 Å². The number of alkyl halides is 2. The minimum Gasteiger partial charge on any atom is -0.210 e. The summed E-state index contributed by atoms with van der Waals surface area (Å²) in [6.45, 7) is 2.11. The highest BCUT2D eigenvalue weighted by Gasteiger charge is 2.00. The molecule has 0 spiro atoms. The molecule has 0 rings (SSSR count). The molecule has 0 bridgehead atoms. The summed E-state index contributed by atoms with van der Waals surface area (Å²) in [5, 5.41) is 0. The second-order valence-electron chi connectivity index (χ2n) is 2.17. The van der Waals surface area contributed by atoms with Crippen LogP contribution in [0, 0.1) is 0 Å². The maximum atomic E-state index is 11.5. The fourth-order valence-electron chi connectivity index (χ4n) is 0.627. The van der Waals surface area contributed by atoms with Crippen LogP contribution < -0.4 is 0 Å². The predicted octanol–water partition coefficient (Wildman–Crippen LogP) is 3.17. The molecule has 0 aliphatic heterocycles. The first-order chi connectivity index (χ1) is 4.77. The van der Waals surface area contributed by atoms with E-state index in [-0.39, 0.29) is 5.75 Å². The van der Waals surface area contributed by atoms with E-state index in [0.717, 1.165) is 25.0 Å². The van der Waals surface area contributed by atoms with Gasteiger partial charge in [0.25, 0.3) is 0 Å². The highest BCUT2D eigenvalue weighted by atomic mass is 32.2. The standard InChI is InChI=1S/C7H14F2S/c1-2-3-4-5-10-6-7(8)9/h7H,2-6H2,1H3. The van der Waals surface area contributed by atoms with Gasteiger partial charge in [0.2, 0.25) is 6.43 Å². The number of rotatable bonds is 6. The highest BCUT2D eigenvalue weighted by Crippen LogP contribution is 2.09. The largest absolute Gasteiger partial charge is 0.247 e. The number of hydrogen-bond acceptors (Lipinski definition) is 1. The quantitative estimate of drug-likeness (QED) is 0.549. The van der Waals surface area contributed by atoms with E-state index in [1.807, 2.05) is 0 Å². The summed E-state index contributed by atoms with van der Waals surface area (Å²) in [5.74, 6) is 0.891. The lowest BCUT2D eigenvalue weighted by atomic mass is 10.3. The van der Waals surface area contributed by atoms with Crippen molar-refractivity contribution in [1.82, 2.24) is 0 Å². The van der Waals surface area contributed by atoms with Gasteiger partial charge in [-0.1, -0.05) is 19.8 Å². The van der Waals surface area contributed by atoms with Gasteiger partial charge in [0.1, 0.15) is 0 Å². The zero-order chi connectivity index (χ0) is 7.82. The van der Waals surface area contributed by atoms with E-state index in [1.165, 1.54) is 11.8 Å². The lowest BCUT2D eigenvalue weighted by molar-refractivity contribution is 0.177. The normalized spacial score (nSPS) is 10.8. The van der Waals surface area contributed by atoms with Crippen molar-refractivity contribution in [2.75, 3.05) is 11.5 Å². The fourth-order valence-corrected chi connectivity index (χ4v) is 1.38. The molecule has 0 unspecified atom stereocenters. The van der Waals surface area contributed by atoms with E-state index < -0.39 is 6.43 Å². The van der Waals surface area contributed by atoms with Crippen molar-refractivity contribution in [2.45, 2.75) is 32.6 Å². The van der Waals surface area contributed by atoms with Gasteiger partial charge >= 0.3 is 0 Å². The van der Waals surface area contributed by atoms with Gasteiger partial charge in [-0.05, 0) is 12.2 Å². The Hall–Kier alpha value is 0.210. The third-order valence-electron chi connectivity index (χ3n) is 1.14. The van der Waals surface area contributed by atoms with Crippen LogP contribution >= 0.6 is 11.8 Å². The smallest absolute Gasteiger partial charge is 0.210 e. The van der Waals surface area contributed by atoms with Crippen LogP contribution in [0.1, 0.15) is 26.2 Å². The molecule has 3 heteroatoms. The molecule has 0 amide bonds. The van der Waals surface area contributed by atoms with Crippen LogP contribution in [-0.4, -0.2) is 17.9 Å². The molecule has 0 aromatic heterocycles. The molecule has 0 aliphatic rings. The van der Waals surface area contributed by atoms with Gasteiger partial charge < -0.3 is 0 Å². The zero-order valence-corrected chi connectivity index (χ0v) is 7.09. The predicted molar refractivity (Wildman–Crippen MR) is 42.9 cm³/mol. The average Bonchev–Trinajstić information content (AvgIpc) is 1.87. The number of hydrogen-bond donors (Lipinski definition) is 0. The first-order valence-electron chi connectivity index (χ1n) is 3.63. The highest BCUT2D eigenvalue weighted by molar-refractivity contribution is 7.99. The number of halogens is 2. The third-order valence-corrected chi connectivity index (χ3v) is 2.20. The van der Waals surface area contributed by atoms with Crippen LogP contribution in [0.4, 0.5) is 8.78 Å². The van der Waals surface area contributed by atoms with Gasteiger partial charge in [0.15, 0.2) is 0 Å². The van der Waals surface area contributed by atoms with Crippen molar-refractivity contribution in [3.05, 3.63) is 0 Å². The molecular formula is C7H14F2S. The lowest BCUT2D eigenvalue weighted by Gasteiger charge is -1.98. The summed E-state index contributed by atoms with van der Waals surface area (Å²) in [5.41, 5.74) is 0. The van der Waals surface area contributed by atoms with Crippen LogP contribution in [0.15, 0.2) is 0 Å². The van der Waals surface area contributed by atoms with Crippen LogP contribution in [-0.2, 0) is 0 Å². The fraction of sp³-hybridized carbons (Fsp3) is 1.00. The minimum atomic E-state index is -2.13. The van der Waals surface area contributed by atoms with Crippen molar-refractivity contribution in [2.24, 2.45) is 0 Å². The minimum absolute atomic E-state index is 0.00368.